The highest BCUT2D eigenvalue weighted by Gasteiger charge is 2.43. The van der Waals surface area contributed by atoms with E-state index < -0.39 is 0 Å². The Morgan fingerprint density at radius 3 is 0.796 bits per heavy atom. The number of hydrogen-bond acceptors (Lipinski definition) is 2. The van der Waals surface area contributed by atoms with Gasteiger partial charge in [0.15, 0.2) is 0 Å². The highest BCUT2D eigenvalue weighted by Crippen LogP contribution is 2.55. The van der Waals surface area contributed by atoms with Crippen molar-refractivity contribution < 1.29 is 9.47 Å². The van der Waals surface area contributed by atoms with Crippen LogP contribution >= 0.6 is 0 Å². The molecule has 16 aromatic carbocycles. The van der Waals surface area contributed by atoms with Crippen LogP contribution in [0.1, 0.15) is 33.4 Å². The predicted octanol–water partition coefficient (Wildman–Crippen LogP) is 21.0. The third kappa shape index (κ3) is 9.49. The second-order valence-corrected chi connectivity index (χ2v) is 27.2. The van der Waals surface area contributed by atoms with Crippen molar-refractivity contribution in [2.24, 2.45) is 0 Å². The quantitative estimate of drug-likeness (QED) is 0.100. The molecule has 2 heterocycles. The molecule has 4 heteroatoms. The predicted molar refractivity (Wildman–Crippen MR) is 417 cm³/mol. The van der Waals surface area contributed by atoms with Crippen molar-refractivity contribution in [3.8, 4) is 112 Å². The monoisotopic (exact) mass is 1250 g/mol. The number of hydrogen-bond donors (Lipinski definition) is 0. The summed E-state index contributed by atoms with van der Waals surface area (Å²) in [5.41, 5.74) is 32.9. The summed E-state index contributed by atoms with van der Waals surface area (Å²) in [6.45, 7) is 13.2. The number of aryl methyl sites for hydroxylation is 6. The Hall–Kier alpha value is -11.7. The smallest absolute Gasteiger partial charge is 0.252 e. The van der Waals surface area contributed by atoms with Gasteiger partial charge in [0.25, 0.3) is 13.4 Å². The van der Waals surface area contributed by atoms with E-state index >= 15 is 0 Å². The zero-order chi connectivity index (χ0) is 65.9. The van der Waals surface area contributed by atoms with Gasteiger partial charge in [-0.1, -0.05) is 299 Å². The van der Waals surface area contributed by atoms with Crippen molar-refractivity contribution in [1.29, 1.82) is 0 Å². The second-order valence-electron chi connectivity index (χ2n) is 27.2. The van der Waals surface area contributed by atoms with Crippen molar-refractivity contribution in [1.82, 2.24) is 0 Å². The molecule has 0 unspecified atom stereocenters. The van der Waals surface area contributed by atoms with Gasteiger partial charge < -0.3 is 9.47 Å². The van der Waals surface area contributed by atoms with E-state index in [-0.39, 0.29) is 13.4 Å². The topological polar surface area (TPSA) is 18.5 Å². The fraction of sp³-hybridized carbons (Fsp3) is 0.0638. The molecule has 0 amide bonds. The summed E-state index contributed by atoms with van der Waals surface area (Å²) >= 11 is 0. The molecular formula is C94H68B2O2. The van der Waals surface area contributed by atoms with Crippen LogP contribution in [-0.2, 0) is 0 Å². The Balaban J connectivity index is 1.09. The third-order valence-electron chi connectivity index (χ3n) is 21.1. The van der Waals surface area contributed by atoms with Gasteiger partial charge in [-0.3, -0.25) is 0 Å². The van der Waals surface area contributed by atoms with Crippen molar-refractivity contribution in [2.75, 3.05) is 0 Å². The summed E-state index contributed by atoms with van der Waals surface area (Å²) < 4.78 is 15.8. The van der Waals surface area contributed by atoms with Crippen LogP contribution in [0.15, 0.2) is 303 Å². The molecule has 0 aromatic heterocycles. The first-order valence-corrected chi connectivity index (χ1v) is 34.4. The van der Waals surface area contributed by atoms with Crippen LogP contribution in [0.4, 0.5) is 0 Å². The first kappa shape index (κ1) is 58.8. The minimum Gasteiger partial charge on any atom is -0.458 e. The number of rotatable bonds is 10. The molecule has 0 saturated heterocycles. The molecule has 0 bridgehead atoms. The molecule has 0 saturated carbocycles. The van der Waals surface area contributed by atoms with E-state index in [4.69, 9.17) is 9.47 Å². The molecule has 0 aliphatic carbocycles. The van der Waals surface area contributed by atoms with Gasteiger partial charge in [0.2, 0.25) is 0 Å². The van der Waals surface area contributed by atoms with Crippen LogP contribution in [-0.4, -0.2) is 13.4 Å². The summed E-state index contributed by atoms with van der Waals surface area (Å²) in [5.74, 6) is 3.46. The molecule has 0 N–H and O–H groups in total. The van der Waals surface area contributed by atoms with Crippen LogP contribution in [0.2, 0.25) is 0 Å². The van der Waals surface area contributed by atoms with E-state index in [9.17, 15) is 0 Å². The van der Waals surface area contributed by atoms with Gasteiger partial charge in [0, 0.05) is 21.5 Å². The van der Waals surface area contributed by atoms with Crippen molar-refractivity contribution in [3.05, 3.63) is 337 Å². The molecule has 0 fully saturated rings. The van der Waals surface area contributed by atoms with E-state index in [0.717, 1.165) is 166 Å². The number of para-hydroxylation sites is 2. The van der Waals surface area contributed by atoms with Gasteiger partial charge in [-0.15, -0.1) is 0 Å². The maximum Gasteiger partial charge on any atom is 0.252 e. The van der Waals surface area contributed by atoms with Gasteiger partial charge in [-0.25, -0.2) is 0 Å². The van der Waals surface area contributed by atoms with Gasteiger partial charge >= 0.3 is 0 Å². The lowest BCUT2D eigenvalue weighted by molar-refractivity contribution is 0.493. The molecule has 16 aromatic rings. The van der Waals surface area contributed by atoms with Gasteiger partial charge in [0.1, 0.15) is 23.0 Å². The first-order valence-electron chi connectivity index (χ1n) is 34.4. The van der Waals surface area contributed by atoms with E-state index in [1.165, 1.54) is 44.3 Å². The zero-order valence-electron chi connectivity index (χ0n) is 55.8. The highest BCUT2D eigenvalue weighted by atomic mass is 16.5. The third-order valence-corrected chi connectivity index (χ3v) is 21.1. The zero-order valence-corrected chi connectivity index (χ0v) is 55.8. The van der Waals surface area contributed by atoms with E-state index in [2.05, 4.69) is 345 Å². The Labute approximate surface area is 574 Å². The van der Waals surface area contributed by atoms with E-state index in [0.29, 0.717) is 0 Å². The maximum atomic E-state index is 7.90. The fourth-order valence-corrected chi connectivity index (χ4v) is 17.3. The van der Waals surface area contributed by atoms with Crippen LogP contribution in [0.25, 0.3) is 121 Å². The standard InChI is InChI=1S/C94H68B2O2/c1-57-49-59(3)89(60(4)50-57)95-79-41-25-27-43-81(79)97-93-73-47-46-72-84-74(48-45-71(83(73)84)87(91(93)95)85-75(65-33-17-9-18-34-65)53-69(63-29-13-7-14-30-63)54-76(85)66-35-19-10-20-36-66)94-92(96(80-42-26-28-44-82(80)98-94)90-61(5)51-58(2)52-62(90)6)88(72)86-77(67-37-21-11-22-38-67)55-70(64-31-15-8-16-32-64)56-78(86)68-39-23-12-24-40-68/h7-56H,1-6H3. The van der Waals surface area contributed by atoms with Crippen LogP contribution in [0, 0.1) is 41.5 Å². The van der Waals surface area contributed by atoms with E-state index in [1.807, 2.05) is 0 Å². The number of ether oxygens (including phenoxy) is 2. The average Bonchev–Trinajstić information content (AvgIpc) is 0.679. The summed E-state index contributed by atoms with van der Waals surface area (Å²) in [6.07, 6.45) is 0. The second kappa shape index (κ2) is 23.6. The average molecular weight is 1250 g/mol. The fourth-order valence-electron chi connectivity index (χ4n) is 17.3. The van der Waals surface area contributed by atoms with Gasteiger partial charge in [-0.05, 0) is 212 Å². The summed E-state index contributed by atoms with van der Waals surface area (Å²) in [5, 5.41) is 6.65. The minimum absolute atomic E-state index is 0.233. The molecule has 0 spiro atoms. The Morgan fingerprint density at radius 1 is 0.224 bits per heavy atom. The number of fused-ring (bicyclic) bond motifs is 6. The molecule has 2 aliphatic heterocycles. The lowest BCUT2D eigenvalue weighted by Gasteiger charge is -2.36. The van der Waals surface area contributed by atoms with Crippen LogP contribution < -0.4 is 42.3 Å². The normalized spacial score (nSPS) is 12.3. The van der Waals surface area contributed by atoms with Gasteiger partial charge in [0.05, 0.1) is 0 Å². The van der Waals surface area contributed by atoms with Gasteiger partial charge in [-0.2, -0.15) is 0 Å². The molecular weight excluding hydrogens is 1180 g/mol. The molecule has 98 heavy (non-hydrogen) atoms. The summed E-state index contributed by atoms with van der Waals surface area (Å²) in [7, 11) is 0. The molecule has 462 valence electrons. The maximum absolute atomic E-state index is 7.90. The molecule has 0 atom stereocenters. The largest absolute Gasteiger partial charge is 0.458 e. The Kier molecular flexibility index (Phi) is 14.2. The lowest BCUT2D eigenvalue weighted by Crippen LogP contribution is -2.57. The molecule has 18 rings (SSSR count). The van der Waals surface area contributed by atoms with Crippen molar-refractivity contribution in [3.63, 3.8) is 0 Å². The van der Waals surface area contributed by atoms with Crippen molar-refractivity contribution in [2.45, 2.75) is 41.5 Å². The minimum atomic E-state index is -0.233. The highest BCUT2D eigenvalue weighted by molar-refractivity contribution is 6.99. The Morgan fingerprint density at radius 2 is 0.490 bits per heavy atom. The first-order chi connectivity index (χ1) is 48.1. The number of benzene rings is 16. The Bertz CT molecular complexity index is 5320. The van der Waals surface area contributed by atoms with E-state index in [1.54, 1.807) is 0 Å². The lowest BCUT2D eigenvalue weighted by atomic mass is 9.33. The molecule has 0 radical (unpaired) electrons. The molecule has 2 nitrogen and oxygen atoms in total. The molecule has 2 aliphatic rings. The van der Waals surface area contributed by atoms with Crippen LogP contribution in [0.5, 0.6) is 23.0 Å². The van der Waals surface area contributed by atoms with Crippen LogP contribution in [0.3, 0.4) is 0 Å². The summed E-state index contributed by atoms with van der Waals surface area (Å²) in [6, 6.07) is 113. The summed E-state index contributed by atoms with van der Waals surface area (Å²) in [4.78, 5) is 0. The SMILES string of the molecule is Cc1cc(C)c(B2c3ccccc3Oc3c2c(-c2c(-c4ccccc4)cc(-c4ccccc4)cc2-c2ccccc2)c2ccc4c5c(c(-c6c(-c7ccccc7)cc(-c7ccccc7)cc6-c6ccccc6)c6ccc3c2c46)B(c2c(C)cc(C)cc2C)c2ccccc2O5)c(C)c1. The van der Waals surface area contributed by atoms with Crippen molar-refractivity contribution >= 4 is 78.5 Å².